The molecule has 5 nitrogen and oxygen atoms in total. The number of rotatable bonds is 3. The van der Waals surface area contributed by atoms with Crippen LogP contribution in [0.3, 0.4) is 0 Å². The van der Waals surface area contributed by atoms with Crippen LogP contribution in [0.4, 0.5) is 0 Å². The predicted octanol–water partition coefficient (Wildman–Crippen LogP) is 1.69. The van der Waals surface area contributed by atoms with Crippen LogP contribution in [0.5, 0.6) is 17.2 Å². The van der Waals surface area contributed by atoms with E-state index in [4.69, 9.17) is 14.2 Å². The second-order valence-corrected chi connectivity index (χ2v) is 3.53. The molecule has 1 heterocycles. The van der Waals surface area contributed by atoms with Crippen LogP contribution < -0.4 is 14.2 Å². The number of isocyanates is 1. The number of fused-ring (bicyclic) bond motifs is 1. The van der Waals surface area contributed by atoms with Gasteiger partial charge in [-0.2, -0.15) is 0 Å². The van der Waals surface area contributed by atoms with Crippen LogP contribution in [-0.4, -0.2) is 26.4 Å². The van der Waals surface area contributed by atoms with Crippen molar-refractivity contribution in [3.05, 3.63) is 17.7 Å². The third kappa shape index (κ3) is 2.40. The summed E-state index contributed by atoms with van der Waals surface area (Å²) in [5.41, 5.74) is 0.718. The largest absolute Gasteiger partial charge is 0.496 e. The molecular formula is C12H13NO4. The predicted molar refractivity (Wildman–Crippen MR) is 60.4 cm³/mol. The van der Waals surface area contributed by atoms with Crippen molar-refractivity contribution in [3.63, 3.8) is 0 Å². The Bertz CT molecular complexity index is 452. The van der Waals surface area contributed by atoms with Crippen LogP contribution in [-0.2, 0) is 11.3 Å². The Labute approximate surface area is 99.0 Å². The van der Waals surface area contributed by atoms with Crippen LogP contribution in [0.1, 0.15) is 12.0 Å². The zero-order valence-corrected chi connectivity index (χ0v) is 9.56. The molecule has 0 spiro atoms. The van der Waals surface area contributed by atoms with Gasteiger partial charge in [0, 0.05) is 6.42 Å². The maximum absolute atomic E-state index is 10.2. The van der Waals surface area contributed by atoms with Crippen molar-refractivity contribution in [2.24, 2.45) is 4.99 Å². The van der Waals surface area contributed by atoms with E-state index in [1.807, 2.05) is 0 Å². The third-order valence-electron chi connectivity index (χ3n) is 2.50. The minimum atomic E-state index is 0.180. The number of hydrogen-bond donors (Lipinski definition) is 0. The molecule has 0 saturated carbocycles. The number of hydrogen-bond acceptors (Lipinski definition) is 5. The third-order valence-corrected chi connectivity index (χ3v) is 2.50. The lowest BCUT2D eigenvalue weighted by Gasteiger charge is -2.14. The second kappa shape index (κ2) is 5.37. The van der Waals surface area contributed by atoms with Crippen molar-refractivity contribution < 1.29 is 19.0 Å². The molecule has 1 aromatic carbocycles. The summed E-state index contributed by atoms with van der Waals surface area (Å²) in [5, 5.41) is 0. The molecule has 0 amide bonds. The molecular weight excluding hydrogens is 222 g/mol. The summed E-state index contributed by atoms with van der Waals surface area (Å²) in [4.78, 5) is 13.8. The van der Waals surface area contributed by atoms with E-state index in [9.17, 15) is 4.79 Å². The molecule has 0 aromatic heterocycles. The average molecular weight is 235 g/mol. The van der Waals surface area contributed by atoms with E-state index in [0.29, 0.717) is 30.5 Å². The number of carbonyl (C=O) groups excluding carboxylic acids is 1. The fourth-order valence-electron chi connectivity index (χ4n) is 1.73. The molecule has 0 saturated heterocycles. The molecule has 0 fully saturated rings. The monoisotopic (exact) mass is 235 g/mol. The maximum Gasteiger partial charge on any atom is 0.235 e. The fourth-order valence-corrected chi connectivity index (χ4v) is 1.73. The van der Waals surface area contributed by atoms with Crippen LogP contribution in [0.25, 0.3) is 0 Å². The molecule has 0 radical (unpaired) electrons. The summed E-state index contributed by atoms with van der Waals surface area (Å²) in [5.74, 6) is 1.91. The Balaban J connectivity index is 2.46. The van der Waals surface area contributed by atoms with Crippen molar-refractivity contribution in [2.45, 2.75) is 13.0 Å². The molecule has 5 heteroatoms. The van der Waals surface area contributed by atoms with E-state index in [1.165, 1.54) is 6.08 Å². The van der Waals surface area contributed by atoms with Gasteiger partial charge >= 0.3 is 0 Å². The summed E-state index contributed by atoms with van der Waals surface area (Å²) < 4.78 is 16.4. The van der Waals surface area contributed by atoms with Gasteiger partial charge in [0.05, 0.1) is 32.4 Å². The fraction of sp³-hybridized carbons (Fsp3) is 0.417. The number of methoxy groups -OCH3 is 1. The molecule has 90 valence electrons. The van der Waals surface area contributed by atoms with Gasteiger partial charge < -0.3 is 14.2 Å². The smallest absolute Gasteiger partial charge is 0.235 e. The molecule has 0 unspecified atom stereocenters. The lowest BCUT2D eigenvalue weighted by molar-refractivity contribution is 0.295. The number of nitrogens with zero attached hydrogens (tertiary/aromatic N) is 1. The second-order valence-electron chi connectivity index (χ2n) is 3.53. The minimum absolute atomic E-state index is 0.180. The van der Waals surface area contributed by atoms with Gasteiger partial charge in [0.15, 0.2) is 11.5 Å². The topological polar surface area (TPSA) is 57.1 Å². The summed E-state index contributed by atoms with van der Waals surface area (Å²) in [6, 6.07) is 3.58. The number of benzene rings is 1. The van der Waals surface area contributed by atoms with Crippen molar-refractivity contribution in [2.75, 3.05) is 20.3 Å². The summed E-state index contributed by atoms with van der Waals surface area (Å²) >= 11 is 0. The van der Waals surface area contributed by atoms with Crippen LogP contribution in [0.2, 0.25) is 0 Å². The molecule has 0 atom stereocenters. The van der Waals surface area contributed by atoms with Crippen LogP contribution >= 0.6 is 0 Å². The lowest BCUT2D eigenvalue weighted by Crippen LogP contribution is -2.00. The van der Waals surface area contributed by atoms with E-state index < -0.39 is 0 Å². The molecule has 1 aliphatic rings. The van der Waals surface area contributed by atoms with Gasteiger partial charge in [0.2, 0.25) is 6.08 Å². The standard InChI is InChI=1S/C12H13NO4/c1-15-10-3-4-11-12(9(10)7-13-8-14)17-6-2-5-16-11/h3-4H,2,5-7H2,1H3. The highest BCUT2D eigenvalue weighted by Crippen LogP contribution is 2.39. The molecule has 17 heavy (non-hydrogen) atoms. The highest BCUT2D eigenvalue weighted by atomic mass is 16.5. The van der Waals surface area contributed by atoms with Gasteiger partial charge in [-0.15, -0.1) is 0 Å². The Hall–Kier alpha value is -2.00. The Kier molecular flexibility index (Phi) is 3.62. The van der Waals surface area contributed by atoms with E-state index in [1.54, 1.807) is 19.2 Å². The first kappa shape index (κ1) is 11.5. The van der Waals surface area contributed by atoms with Crippen molar-refractivity contribution in [3.8, 4) is 17.2 Å². The normalized spacial score (nSPS) is 13.5. The Morgan fingerprint density at radius 1 is 1.41 bits per heavy atom. The first-order chi connectivity index (χ1) is 8.36. The lowest BCUT2D eigenvalue weighted by atomic mass is 10.1. The molecule has 1 aromatic rings. The summed E-state index contributed by atoms with van der Waals surface area (Å²) in [6.45, 7) is 1.38. The first-order valence-electron chi connectivity index (χ1n) is 5.36. The molecule has 0 aliphatic carbocycles. The minimum Gasteiger partial charge on any atom is -0.496 e. The highest BCUT2D eigenvalue weighted by molar-refractivity contribution is 5.54. The molecule has 1 aliphatic heterocycles. The quantitative estimate of drug-likeness (QED) is 0.591. The van der Waals surface area contributed by atoms with Gasteiger partial charge in [-0.25, -0.2) is 9.79 Å². The zero-order chi connectivity index (χ0) is 12.1. The summed E-state index contributed by atoms with van der Waals surface area (Å²) in [7, 11) is 1.56. The average Bonchev–Trinajstić information content (AvgIpc) is 2.60. The first-order valence-corrected chi connectivity index (χ1v) is 5.36. The molecule has 2 rings (SSSR count). The Morgan fingerprint density at radius 3 is 3.00 bits per heavy atom. The van der Waals surface area contributed by atoms with E-state index in [0.717, 1.165) is 12.0 Å². The maximum atomic E-state index is 10.2. The van der Waals surface area contributed by atoms with Crippen molar-refractivity contribution >= 4 is 6.08 Å². The van der Waals surface area contributed by atoms with Gasteiger partial charge in [-0.3, -0.25) is 0 Å². The van der Waals surface area contributed by atoms with E-state index in [-0.39, 0.29) is 6.54 Å². The Morgan fingerprint density at radius 2 is 2.24 bits per heavy atom. The zero-order valence-electron chi connectivity index (χ0n) is 9.56. The van der Waals surface area contributed by atoms with Crippen molar-refractivity contribution in [1.29, 1.82) is 0 Å². The highest BCUT2D eigenvalue weighted by Gasteiger charge is 2.18. The SMILES string of the molecule is COc1ccc2c(c1CN=C=O)OCCCO2. The van der Waals surface area contributed by atoms with Crippen LogP contribution in [0, 0.1) is 0 Å². The van der Waals surface area contributed by atoms with E-state index >= 15 is 0 Å². The number of ether oxygens (including phenoxy) is 3. The van der Waals surface area contributed by atoms with Gasteiger partial charge in [-0.05, 0) is 12.1 Å². The molecule has 0 N–H and O–H groups in total. The molecule has 0 bridgehead atoms. The summed E-state index contributed by atoms with van der Waals surface area (Å²) in [6.07, 6.45) is 2.34. The van der Waals surface area contributed by atoms with Crippen LogP contribution in [0.15, 0.2) is 17.1 Å². The van der Waals surface area contributed by atoms with Gasteiger partial charge in [-0.1, -0.05) is 0 Å². The number of aliphatic imine (C=N–C) groups is 1. The van der Waals surface area contributed by atoms with Gasteiger partial charge in [0.1, 0.15) is 5.75 Å². The van der Waals surface area contributed by atoms with Gasteiger partial charge in [0.25, 0.3) is 0 Å². The van der Waals surface area contributed by atoms with Crippen molar-refractivity contribution in [1.82, 2.24) is 0 Å². The van der Waals surface area contributed by atoms with E-state index in [2.05, 4.69) is 4.99 Å².